The van der Waals surface area contributed by atoms with Crippen molar-refractivity contribution in [2.24, 2.45) is 0 Å². The smallest absolute Gasteiger partial charge is 0.385 e. The van der Waals surface area contributed by atoms with Crippen molar-refractivity contribution in [2.75, 3.05) is 19.6 Å². The van der Waals surface area contributed by atoms with E-state index < -0.39 is 47.1 Å². The number of pyridine rings is 1. The molecular weight excluding hydrogens is 480 g/mol. The number of halogens is 4. The summed E-state index contributed by atoms with van der Waals surface area (Å²) in [6.45, 7) is 2.73. The number of aryl methyl sites for hydroxylation is 1. The van der Waals surface area contributed by atoms with Crippen molar-refractivity contribution in [3.8, 4) is 0 Å². The standard InChI is InChI=1S/C25H28F4N4O3/c1-15-2-3-17(11-30-15)24(36)6-4-21(5-7-24)33-13-20(14-33)32-22(34)12-31-23(35)16-8-18(25(27,28)29)10-19(26)9-16/h2-3,8-11,20-21,36H,4-7,12-14H2,1H3,(H,31,35)(H,32,34). The molecule has 2 amide bonds. The number of carbonyl (C=O) groups is 2. The van der Waals surface area contributed by atoms with Crippen LogP contribution in [0.3, 0.4) is 0 Å². The lowest BCUT2D eigenvalue weighted by molar-refractivity contribution is -0.137. The fourth-order valence-corrected chi connectivity index (χ4v) is 4.80. The van der Waals surface area contributed by atoms with Gasteiger partial charge in [-0.1, -0.05) is 6.07 Å². The second-order valence-corrected chi connectivity index (χ2v) is 9.58. The lowest BCUT2D eigenvalue weighted by Crippen LogP contribution is -2.63. The van der Waals surface area contributed by atoms with Gasteiger partial charge in [0.15, 0.2) is 0 Å². The number of nitrogens with zero attached hydrogens (tertiary/aromatic N) is 2. The SMILES string of the molecule is Cc1ccc(C2(O)CCC(N3CC(NC(=O)CNC(=O)c4cc(F)cc(C(F)(F)F)c4)C3)CC2)cn1. The molecule has 2 aliphatic rings. The summed E-state index contributed by atoms with van der Waals surface area (Å²) in [5, 5.41) is 16.0. The predicted molar refractivity (Wildman–Crippen MR) is 122 cm³/mol. The van der Waals surface area contributed by atoms with E-state index >= 15 is 0 Å². The molecule has 0 unspecified atom stereocenters. The van der Waals surface area contributed by atoms with Gasteiger partial charge in [0.1, 0.15) is 5.82 Å². The molecule has 1 aliphatic heterocycles. The zero-order chi connectivity index (χ0) is 26.1. The first kappa shape index (κ1) is 26.0. The fraction of sp³-hybridized carbons (Fsp3) is 0.480. The van der Waals surface area contributed by atoms with Crippen LogP contribution in [0.1, 0.15) is 52.9 Å². The van der Waals surface area contributed by atoms with Gasteiger partial charge in [-0.15, -0.1) is 0 Å². The van der Waals surface area contributed by atoms with Gasteiger partial charge in [-0.3, -0.25) is 19.5 Å². The quantitative estimate of drug-likeness (QED) is 0.522. The fourth-order valence-electron chi connectivity index (χ4n) is 4.80. The molecule has 2 fully saturated rings. The summed E-state index contributed by atoms with van der Waals surface area (Å²) in [6, 6.07) is 5.53. The number of aliphatic hydroxyl groups is 1. The molecule has 1 aromatic heterocycles. The first-order valence-corrected chi connectivity index (χ1v) is 11.8. The number of benzene rings is 1. The van der Waals surface area contributed by atoms with Crippen molar-refractivity contribution in [2.45, 2.75) is 56.5 Å². The van der Waals surface area contributed by atoms with Crippen LogP contribution >= 0.6 is 0 Å². The summed E-state index contributed by atoms with van der Waals surface area (Å²) >= 11 is 0. The highest BCUT2D eigenvalue weighted by Crippen LogP contribution is 2.39. The van der Waals surface area contributed by atoms with Crippen molar-refractivity contribution in [3.05, 3.63) is 64.7 Å². The molecular formula is C25H28F4N4O3. The highest BCUT2D eigenvalue weighted by atomic mass is 19.4. The monoisotopic (exact) mass is 508 g/mol. The highest BCUT2D eigenvalue weighted by molar-refractivity contribution is 5.96. The Labute approximate surface area is 205 Å². The van der Waals surface area contributed by atoms with Gasteiger partial charge in [0.25, 0.3) is 5.91 Å². The molecule has 11 heteroatoms. The number of likely N-dealkylation sites (tertiary alicyclic amines) is 1. The van der Waals surface area contributed by atoms with E-state index in [1.54, 1.807) is 6.20 Å². The summed E-state index contributed by atoms with van der Waals surface area (Å²) in [6.07, 6.45) is -0.188. The van der Waals surface area contributed by atoms with Crippen molar-refractivity contribution < 1.29 is 32.3 Å². The maximum atomic E-state index is 13.5. The summed E-state index contributed by atoms with van der Waals surface area (Å²) in [4.78, 5) is 30.8. The van der Waals surface area contributed by atoms with E-state index in [0.717, 1.165) is 24.1 Å². The third kappa shape index (κ3) is 6.01. The molecule has 1 saturated heterocycles. The molecule has 3 N–H and O–H groups in total. The van der Waals surface area contributed by atoms with Crippen LogP contribution in [-0.4, -0.2) is 58.5 Å². The second kappa shape index (κ2) is 10.1. The Morgan fingerprint density at radius 2 is 1.86 bits per heavy atom. The van der Waals surface area contributed by atoms with Crippen LogP contribution in [0.25, 0.3) is 0 Å². The molecule has 7 nitrogen and oxygen atoms in total. The van der Waals surface area contributed by atoms with Crippen LogP contribution in [0.5, 0.6) is 0 Å². The topological polar surface area (TPSA) is 94.6 Å². The zero-order valence-corrected chi connectivity index (χ0v) is 19.7. The Balaban J connectivity index is 1.19. The van der Waals surface area contributed by atoms with Crippen molar-refractivity contribution >= 4 is 11.8 Å². The summed E-state index contributed by atoms with van der Waals surface area (Å²) in [5.74, 6) is -2.64. The molecule has 2 heterocycles. The minimum Gasteiger partial charge on any atom is -0.385 e. The van der Waals surface area contributed by atoms with Gasteiger partial charge in [0.2, 0.25) is 5.91 Å². The van der Waals surface area contributed by atoms with Crippen molar-refractivity contribution in [3.63, 3.8) is 0 Å². The van der Waals surface area contributed by atoms with Gasteiger partial charge in [-0.05, 0) is 56.9 Å². The van der Waals surface area contributed by atoms with E-state index in [1.165, 1.54) is 0 Å². The number of nitrogens with one attached hydrogen (secondary N) is 2. The van der Waals surface area contributed by atoms with Crippen molar-refractivity contribution in [1.82, 2.24) is 20.5 Å². The van der Waals surface area contributed by atoms with E-state index in [1.807, 2.05) is 19.1 Å². The number of rotatable bonds is 6. The number of hydrogen-bond acceptors (Lipinski definition) is 5. The van der Waals surface area contributed by atoms with Gasteiger partial charge < -0.3 is 15.7 Å². The molecule has 0 radical (unpaired) electrons. The van der Waals surface area contributed by atoms with Crippen LogP contribution in [0.2, 0.25) is 0 Å². The van der Waals surface area contributed by atoms with Gasteiger partial charge in [-0.2, -0.15) is 13.2 Å². The van der Waals surface area contributed by atoms with Crippen LogP contribution in [-0.2, 0) is 16.6 Å². The van der Waals surface area contributed by atoms with Gasteiger partial charge in [0.05, 0.1) is 23.8 Å². The number of amides is 2. The number of aromatic nitrogens is 1. The molecule has 36 heavy (non-hydrogen) atoms. The number of hydrogen-bond donors (Lipinski definition) is 3. The summed E-state index contributed by atoms with van der Waals surface area (Å²) in [7, 11) is 0. The summed E-state index contributed by atoms with van der Waals surface area (Å²) in [5.41, 5.74) is -0.938. The van der Waals surface area contributed by atoms with Crippen molar-refractivity contribution in [1.29, 1.82) is 0 Å². The van der Waals surface area contributed by atoms with Crippen LogP contribution in [0.15, 0.2) is 36.5 Å². The molecule has 1 saturated carbocycles. The molecule has 1 aliphatic carbocycles. The second-order valence-electron chi connectivity index (χ2n) is 9.58. The average Bonchev–Trinajstić information content (AvgIpc) is 2.80. The maximum absolute atomic E-state index is 13.5. The van der Waals surface area contributed by atoms with Gasteiger partial charge in [-0.25, -0.2) is 4.39 Å². The Morgan fingerprint density at radius 1 is 1.17 bits per heavy atom. The zero-order valence-electron chi connectivity index (χ0n) is 19.7. The lowest BCUT2D eigenvalue weighted by Gasteiger charge is -2.48. The van der Waals surface area contributed by atoms with Gasteiger partial charge in [0, 0.05) is 42.1 Å². The van der Waals surface area contributed by atoms with E-state index in [9.17, 15) is 32.3 Å². The molecule has 1 aromatic carbocycles. The molecule has 4 rings (SSSR count). The lowest BCUT2D eigenvalue weighted by atomic mass is 9.77. The maximum Gasteiger partial charge on any atom is 0.416 e. The molecule has 2 aromatic rings. The first-order valence-electron chi connectivity index (χ1n) is 11.8. The number of carbonyl (C=O) groups excluding carboxylic acids is 2. The van der Waals surface area contributed by atoms with Crippen LogP contribution in [0, 0.1) is 12.7 Å². The predicted octanol–water partition coefficient (Wildman–Crippen LogP) is 2.91. The molecule has 0 atom stereocenters. The largest absolute Gasteiger partial charge is 0.416 e. The van der Waals surface area contributed by atoms with E-state index in [-0.39, 0.29) is 6.04 Å². The third-order valence-electron chi connectivity index (χ3n) is 6.92. The minimum atomic E-state index is -4.79. The normalized spacial score (nSPS) is 23.1. The Bertz CT molecular complexity index is 1110. The van der Waals surface area contributed by atoms with E-state index in [2.05, 4.69) is 20.5 Å². The Kier molecular flexibility index (Phi) is 7.33. The average molecular weight is 509 g/mol. The third-order valence-corrected chi connectivity index (χ3v) is 6.92. The van der Waals surface area contributed by atoms with Gasteiger partial charge >= 0.3 is 6.18 Å². The Hall–Kier alpha value is -3.05. The molecule has 194 valence electrons. The molecule has 0 bridgehead atoms. The van der Waals surface area contributed by atoms with E-state index in [0.29, 0.717) is 50.2 Å². The van der Waals surface area contributed by atoms with E-state index in [4.69, 9.17) is 0 Å². The highest BCUT2D eigenvalue weighted by Gasteiger charge is 2.40. The van der Waals surface area contributed by atoms with Crippen LogP contribution < -0.4 is 10.6 Å². The first-order chi connectivity index (χ1) is 16.9. The summed E-state index contributed by atoms with van der Waals surface area (Å²) < 4.78 is 52.0. The Morgan fingerprint density at radius 3 is 2.47 bits per heavy atom. The number of alkyl halides is 3. The molecule has 0 spiro atoms. The minimum absolute atomic E-state index is 0.109. The van der Waals surface area contributed by atoms with Crippen LogP contribution in [0.4, 0.5) is 17.6 Å².